The lowest BCUT2D eigenvalue weighted by atomic mass is 9.98. The summed E-state index contributed by atoms with van der Waals surface area (Å²) in [7, 11) is 0. The summed E-state index contributed by atoms with van der Waals surface area (Å²) < 4.78 is 0. The minimum absolute atomic E-state index is 0.0612. The molecule has 0 bridgehead atoms. The Balaban J connectivity index is 1.80. The van der Waals surface area contributed by atoms with Crippen molar-refractivity contribution in [3.05, 3.63) is 106 Å². The number of rotatable bonds is 7. The minimum atomic E-state index is -0.499. The molecule has 0 aliphatic rings. The van der Waals surface area contributed by atoms with Gasteiger partial charge in [0, 0.05) is 17.2 Å². The first kappa shape index (κ1) is 19.3. The van der Waals surface area contributed by atoms with Gasteiger partial charge in [-0.1, -0.05) is 72.8 Å². The molecule has 3 rings (SSSR count). The van der Waals surface area contributed by atoms with E-state index >= 15 is 0 Å². The molecule has 142 valence electrons. The lowest BCUT2D eigenvalue weighted by Crippen LogP contribution is -2.92. The van der Waals surface area contributed by atoms with Gasteiger partial charge >= 0.3 is 0 Å². The third-order valence-corrected chi connectivity index (χ3v) is 4.57. The molecular weight excluding hydrogens is 354 g/mol. The number of quaternary nitrogens is 1. The van der Waals surface area contributed by atoms with Crippen LogP contribution in [0.25, 0.3) is 0 Å². The fourth-order valence-corrected chi connectivity index (χ4v) is 3.10. The summed E-state index contributed by atoms with van der Waals surface area (Å²) in [4.78, 5) is 23.4. The molecule has 0 spiro atoms. The van der Waals surface area contributed by atoms with Crippen LogP contribution < -0.4 is 10.6 Å². The molecule has 1 atom stereocenters. The molecule has 0 aliphatic heterocycles. The second kappa shape index (κ2) is 8.92. The number of anilines is 1. The normalized spacial score (nSPS) is 11.8. The average Bonchev–Trinajstić information content (AvgIpc) is 2.73. The molecule has 0 radical (unpaired) electrons. The van der Waals surface area contributed by atoms with Gasteiger partial charge in [0.05, 0.1) is 4.92 Å². The van der Waals surface area contributed by atoms with Gasteiger partial charge in [-0.15, -0.1) is 0 Å². The van der Waals surface area contributed by atoms with Crippen molar-refractivity contribution in [2.45, 2.75) is 19.0 Å². The second-order valence-electron chi connectivity index (χ2n) is 6.54. The molecule has 6 nitrogen and oxygen atoms in total. The predicted molar refractivity (Wildman–Crippen MR) is 108 cm³/mol. The molecule has 28 heavy (non-hydrogen) atoms. The third-order valence-electron chi connectivity index (χ3n) is 4.57. The van der Waals surface area contributed by atoms with Crippen LogP contribution in [0.1, 0.15) is 24.1 Å². The van der Waals surface area contributed by atoms with Crippen LogP contribution in [-0.4, -0.2) is 16.9 Å². The predicted octanol–water partition coefficient (Wildman–Crippen LogP) is 3.27. The Morgan fingerprint density at radius 1 is 0.893 bits per heavy atom. The van der Waals surface area contributed by atoms with Crippen molar-refractivity contribution in [1.82, 2.24) is 0 Å². The molecular formula is C22H22N3O3+. The zero-order chi connectivity index (χ0) is 19.9. The first-order valence-electron chi connectivity index (χ1n) is 9.05. The van der Waals surface area contributed by atoms with Crippen molar-refractivity contribution in [2.75, 3.05) is 5.32 Å². The number of nitrogens with two attached hydrogens (primary N) is 1. The van der Waals surface area contributed by atoms with E-state index in [1.54, 1.807) is 19.1 Å². The second-order valence-corrected chi connectivity index (χ2v) is 6.54. The van der Waals surface area contributed by atoms with Crippen LogP contribution in [0.5, 0.6) is 0 Å². The average molecular weight is 376 g/mol. The molecule has 0 aliphatic carbocycles. The largest absolute Gasteiger partial charge is 0.326 e. The molecule has 3 N–H and O–H groups in total. The van der Waals surface area contributed by atoms with Crippen molar-refractivity contribution in [3.8, 4) is 0 Å². The molecule has 0 aromatic heterocycles. The zero-order valence-corrected chi connectivity index (χ0v) is 15.5. The lowest BCUT2D eigenvalue weighted by Gasteiger charge is -2.20. The number of carbonyl (C=O) groups excluding carboxylic acids is 1. The highest BCUT2D eigenvalue weighted by Crippen LogP contribution is 2.23. The Morgan fingerprint density at radius 3 is 1.93 bits per heavy atom. The quantitative estimate of drug-likeness (QED) is 0.490. The number of nitrogens with zero attached hydrogens (tertiary/aromatic N) is 1. The van der Waals surface area contributed by atoms with E-state index in [0.29, 0.717) is 0 Å². The number of hydrogen-bond donors (Lipinski definition) is 2. The fourth-order valence-electron chi connectivity index (χ4n) is 3.10. The molecule has 0 fully saturated rings. The smallest absolute Gasteiger partial charge is 0.292 e. The zero-order valence-electron chi connectivity index (χ0n) is 15.5. The maximum atomic E-state index is 12.7. The van der Waals surface area contributed by atoms with Gasteiger partial charge in [-0.25, -0.2) is 0 Å². The van der Waals surface area contributed by atoms with Crippen molar-refractivity contribution in [3.63, 3.8) is 0 Å². The Morgan fingerprint density at radius 2 is 1.39 bits per heavy atom. The first-order chi connectivity index (χ1) is 13.6. The molecule has 1 amide bonds. The van der Waals surface area contributed by atoms with Gasteiger partial charge in [-0.3, -0.25) is 14.9 Å². The highest BCUT2D eigenvalue weighted by Gasteiger charge is 2.26. The molecule has 3 aromatic carbocycles. The van der Waals surface area contributed by atoms with E-state index in [0.717, 1.165) is 11.1 Å². The van der Waals surface area contributed by atoms with E-state index in [1.807, 2.05) is 66.0 Å². The van der Waals surface area contributed by atoms with Gasteiger partial charge in [0.15, 0.2) is 6.04 Å². The van der Waals surface area contributed by atoms with E-state index in [9.17, 15) is 14.9 Å². The number of benzene rings is 3. The number of amides is 1. The van der Waals surface area contributed by atoms with Gasteiger partial charge in [0.2, 0.25) is 0 Å². The molecule has 0 saturated heterocycles. The van der Waals surface area contributed by atoms with Crippen LogP contribution in [0.3, 0.4) is 0 Å². The van der Waals surface area contributed by atoms with Crippen LogP contribution in [0, 0.1) is 10.1 Å². The van der Waals surface area contributed by atoms with Gasteiger partial charge in [-0.05, 0) is 13.0 Å². The first-order valence-corrected chi connectivity index (χ1v) is 9.05. The summed E-state index contributed by atoms with van der Waals surface area (Å²) >= 11 is 0. The summed E-state index contributed by atoms with van der Waals surface area (Å²) in [5, 5.41) is 15.8. The van der Waals surface area contributed by atoms with E-state index in [2.05, 4.69) is 5.32 Å². The number of nitrogens with one attached hydrogen (secondary N) is 1. The Hall–Kier alpha value is -3.51. The molecule has 6 heteroatoms. The topological polar surface area (TPSA) is 88.8 Å². The number of nitro benzene ring substituents is 1. The Labute approximate surface area is 163 Å². The van der Waals surface area contributed by atoms with E-state index in [-0.39, 0.29) is 23.3 Å². The number of carbonyl (C=O) groups is 1. The lowest BCUT2D eigenvalue weighted by molar-refractivity contribution is -0.704. The monoisotopic (exact) mass is 376 g/mol. The number of nitro groups is 1. The van der Waals surface area contributed by atoms with Crippen LogP contribution in [0.4, 0.5) is 11.4 Å². The maximum absolute atomic E-state index is 12.7. The van der Waals surface area contributed by atoms with Crippen LogP contribution in [0.15, 0.2) is 84.9 Å². The van der Waals surface area contributed by atoms with Gasteiger partial charge in [0.25, 0.3) is 11.6 Å². The number of para-hydroxylation sites is 2. The maximum Gasteiger partial charge on any atom is 0.292 e. The summed E-state index contributed by atoms with van der Waals surface area (Å²) in [6.45, 7) is 1.79. The van der Waals surface area contributed by atoms with Crippen LogP contribution in [-0.2, 0) is 4.79 Å². The van der Waals surface area contributed by atoms with E-state index in [4.69, 9.17) is 0 Å². The van der Waals surface area contributed by atoms with Crippen molar-refractivity contribution in [2.24, 2.45) is 0 Å². The van der Waals surface area contributed by atoms with Gasteiger partial charge in [-0.2, -0.15) is 0 Å². The van der Waals surface area contributed by atoms with Crippen molar-refractivity contribution in [1.29, 1.82) is 0 Å². The third kappa shape index (κ3) is 4.61. The van der Waals surface area contributed by atoms with Crippen molar-refractivity contribution < 1.29 is 15.0 Å². The van der Waals surface area contributed by atoms with Crippen LogP contribution >= 0.6 is 0 Å². The molecule has 0 unspecified atom stereocenters. The molecule has 3 aromatic rings. The fraction of sp³-hybridized carbons (Fsp3) is 0.136. The van der Waals surface area contributed by atoms with Gasteiger partial charge < -0.3 is 10.6 Å². The number of hydrogen-bond acceptors (Lipinski definition) is 3. The molecule has 0 heterocycles. The van der Waals surface area contributed by atoms with Crippen LogP contribution in [0.2, 0.25) is 0 Å². The summed E-state index contributed by atoms with van der Waals surface area (Å²) in [6, 6.07) is 25.5. The summed E-state index contributed by atoms with van der Waals surface area (Å²) in [6.07, 6.45) is 0. The minimum Gasteiger partial charge on any atom is -0.326 e. The SMILES string of the molecule is C[C@H]([NH2+]C(c1ccccc1)c1ccccc1)C(=O)Nc1ccccc1[N+](=O)[O-]. The van der Waals surface area contributed by atoms with E-state index < -0.39 is 11.0 Å². The van der Waals surface area contributed by atoms with Gasteiger partial charge in [0.1, 0.15) is 11.7 Å². The highest BCUT2D eigenvalue weighted by molar-refractivity contribution is 5.95. The summed E-state index contributed by atoms with van der Waals surface area (Å²) in [5.41, 5.74) is 2.25. The standard InChI is InChI=1S/C22H21N3O3/c1-16(22(26)24-19-14-8-9-15-20(19)25(27)28)23-21(17-10-4-2-5-11-17)18-12-6-3-7-13-18/h2-16,21,23H,1H3,(H,24,26)/p+1/t16-/m0/s1. The molecule has 0 saturated carbocycles. The van der Waals surface area contributed by atoms with E-state index in [1.165, 1.54) is 12.1 Å². The van der Waals surface area contributed by atoms with Crippen molar-refractivity contribution >= 4 is 17.3 Å². The Kier molecular flexibility index (Phi) is 6.14. The summed E-state index contributed by atoms with van der Waals surface area (Å²) in [5.74, 6) is -0.286. The Bertz CT molecular complexity index is 906. The highest BCUT2D eigenvalue weighted by atomic mass is 16.6.